The van der Waals surface area contributed by atoms with Crippen molar-refractivity contribution < 1.29 is 28.0 Å². The third-order valence-corrected chi connectivity index (χ3v) is 4.91. The van der Waals surface area contributed by atoms with Crippen LogP contribution in [0.2, 0.25) is 5.02 Å². The number of rotatable bonds is 5. The van der Waals surface area contributed by atoms with E-state index in [4.69, 9.17) is 16.2 Å². The Kier molecular flexibility index (Phi) is 5.32. The molecule has 0 aliphatic heterocycles. The summed E-state index contributed by atoms with van der Waals surface area (Å²) in [5.74, 6) is -2.69. The van der Waals surface area contributed by atoms with Gasteiger partial charge in [0.2, 0.25) is 0 Å². The number of benzene rings is 3. The molecule has 3 rings (SSSR count). The van der Waals surface area contributed by atoms with Crippen LogP contribution in [-0.2, 0) is 15.9 Å². The van der Waals surface area contributed by atoms with Gasteiger partial charge >= 0.3 is 5.97 Å². The Bertz CT molecular complexity index is 1220. The molecular weight excluding hydrogens is 408 g/mol. The van der Waals surface area contributed by atoms with Gasteiger partial charge in [-0.2, -0.15) is 13.5 Å². The monoisotopic (exact) mass is 420 g/mol. The lowest BCUT2D eigenvalue weighted by Crippen LogP contribution is -2.02. The maximum Gasteiger partial charge on any atom is 0.339 e. The largest absolute Gasteiger partial charge is 0.505 e. The minimum atomic E-state index is -4.38. The van der Waals surface area contributed by atoms with E-state index in [1.807, 2.05) is 0 Å². The van der Waals surface area contributed by atoms with Crippen molar-refractivity contribution in [2.45, 2.75) is 5.75 Å². The van der Waals surface area contributed by atoms with Crippen molar-refractivity contribution in [1.82, 2.24) is 0 Å². The van der Waals surface area contributed by atoms with Gasteiger partial charge in [0.1, 0.15) is 17.0 Å². The molecule has 0 aromatic heterocycles. The fourth-order valence-corrected chi connectivity index (χ4v) is 3.64. The number of carbonyl (C=O) groups is 1. The molecule has 0 spiro atoms. The molecule has 0 aliphatic rings. The average molecular weight is 421 g/mol. The summed E-state index contributed by atoms with van der Waals surface area (Å²) in [5.41, 5.74) is -0.367. The fraction of sp³-hybridized carbons (Fsp3) is 0.0556. The normalized spacial score (nSPS) is 11.9. The van der Waals surface area contributed by atoms with Gasteiger partial charge < -0.3 is 10.2 Å². The lowest BCUT2D eigenvalue weighted by molar-refractivity contribution is 0.0694. The number of fused-ring (bicyclic) bond motifs is 1. The maximum atomic E-state index is 11.4. The quantitative estimate of drug-likeness (QED) is 0.404. The van der Waals surface area contributed by atoms with Crippen LogP contribution in [0.3, 0.4) is 0 Å². The van der Waals surface area contributed by atoms with Crippen LogP contribution < -0.4 is 0 Å². The van der Waals surface area contributed by atoms with Gasteiger partial charge in [-0.25, -0.2) is 4.79 Å². The summed E-state index contributed by atoms with van der Waals surface area (Å²) in [4.78, 5) is 11.4. The second kappa shape index (κ2) is 7.55. The number of aromatic hydroxyl groups is 1. The molecule has 3 N–H and O–H groups in total. The Morgan fingerprint density at radius 2 is 1.79 bits per heavy atom. The lowest BCUT2D eigenvalue weighted by Gasteiger charge is -2.08. The summed E-state index contributed by atoms with van der Waals surface area (Å²) in [6, 6.07) is 12.4. The number of azo groups is 1. The molecule has 28 heavy (non-hydrogen) atoms. The molecule has 0 unspecified atom stereocenters. The van der Waals surface area contributed by atoms with E-state index in [0.29, 0.717) is 10.8 Å². The molecule has 0 saturated carbocycles. The van der Waals surface area contributed by atoms with E-state index >= 15 is 0 Å². The maximum absolute atomic E-state index is 11.4. The molecule has 0 heterocycles. The first-order valence-electron chi connectivity index (χ1n) is 7.79. The van der Waals surface area contributed by atoms with E-state index in [1.54, 1.807) is 24.3 Å². The van der Waals surface area contributed by atoms with E-state index in [2.05, 4.69) is 10.2 Å². The molecule has 3 aromatic rings. The summed E-state index contributed by atoms with van der Waals surface area (Å²) in [6.45, 7) is 0. The van der Waals surface area contributed by atoms with Gasteiger partial charge in [0.25, 0.3) is 10.1 Å². The van der Waals surface area contributed by atoms with E-state index < -0.39 is 27.6 Å². The van der Waals surface area contributed by atoms with Crippen LogP contribution in [0.15, 0.2) is 58.8 Å². The number of nitrogens with zero attached hydrogens (tertiary/aromatic N) is 2. The third kappa shape index (κ3) is 4.11. The predicted molar refractivity (Wildman–Crippen MR) is 103 cm³/mol. The van der Waals surface area contributed by atoms with Crippen molar-refractivity contribution in [2.24, 2.45) is 10.2 Å². The van der Waals surface area contributed by atoms with Gasteiger partial charge in [-0.3, -0.25) is 4.55 Å². The highest BCUT2D eigenvalue weighted by atomic mass is 35.5. The van der Waals surface area contributed by atoms with Crippen molar-refractivity contribution in [3.8, 4) is 5.75 Å². The van der Waals surface area contributed by atoms with Crippen LogP contribution in [0.1, 0.15) is 15.9 Å². The van der Waals surface area contributed by atoms with E-state index in [-0.39, 0.29) is 27.5 Å². The highest BCUT2D eigenvalue weighted by Gasteiger charge is 2.18. The molecular formula is C18H13ClN2O6S. The SMILES string of the molecule is O=C(O)c1cc2ccccc2c(N=Nc2cccc(Cl)c2CS(=O)(=O)O)c1O. The van der Waals surface area contributed by atoms with Crippen molar-refractivity contribution in [1.29, 1.82) is 0 Å². The zero-order valence-corrected chi connectivity index (χ0v) is 15.6. The van der Waals surface area contributed by atoms with Crippen LogP contribution in [0.5, 0.6) is 5.75 Å². The summed E-state index contributed by atoms with van der Waals surface area (Å²) < 4.78 is 31.6. The van der Waals surface area contributed by atoms with Crippen molar-refractivity contribution in [2.75, 3.05) is 0 Å². The van der Waals surface area contributed by atoms with Crippen LogP contribution in [0, 0.1) is 0 Å². The molecule has 0 aliphatic carbocycles. The number of carboxylic acid groups (broad SMARTS) is 1. The zero-order valence-electron chi connectivity index (χ0n) is 14.1. The number of phenols is 1. The molecule has 0 radical (unpaired) electrons. The Labute approximate surface area is 164 Å². The van der Waals surface area contributed by atoms with Crippen molar-refractivity contribution >= 4 is 49.8 Å². The molecule has 3 aromatic carbocycles. The molecule has 0 fully saturated rings. The van der Waals surface area contributed by atoms with Crippen molar-refractivity contribution in [3.63, 3.8) is 0 Å². The van der Waals surface area contributed by atoms with Crippen molar-refractivity contribution in [3.05, 3.63) is 64.7 Å². The summed E-state index contributed by atoms with van der Waals surface area (Å²) in [5, 5.41) is 28.6. The number of hydrogen-bond donors (Lipinski definition) is 3. The number of aromatic carboxylic acids is 1. The predicted octanol–water partition coefficient (Wildman–Crippen LogP) is 4.70. The number of hydrogen-bond acceptors (Lipinski definition) is 6. The number of carboxylic acids is 1. The Balaban J connectivity index is 2.19. The highest BCUT2D eigenvalue weighted by molar-refractivity contribution is 7.85. The second-order valence-electron chi connectivity index (χ2n) is 5.81. The van der Waals surface area contributed by atoms with E-state index in [9.17, 15) is 23.4 Å². The first-order chi connectivity index (χ1) is 13.2. The van der Waals surface area contributed by atoms with E-state index in [1.165, 1.54) is 24.3 Å². The van der Waals surface area contributed by atoms with Crippen LogP contribution in [0.4, 0.5) is 11.4 Å². The molecule has 0 saturated heterocycles. The second-order valence-corrected chi connectivity index (χ2v) is 7.67. The number of halogens is 1. The smallest absolute Gasteiger partial charge is 0.339 e. The Morgan fingerprint density at radius 3 is 2.46 bits per heavy atom. The zero-order chi connectivity index (χ0) is 20.5. The van der Waals surface area contributed by atoms with Gasteiger partial charge in [0, 0.05) is 16.0 Å². The first kappa shape index (κ1) is 19.7. The minimum Gasteiger partial charge on any atom is -0.505 e. The minimum absolute atomic E-state index is 0.0219. The van der Waals surface area contributed by atoms with Gasteiger partial charge in [-0.1, -0.05) is 41.9 Å². The first-order valence-corrected chi connectivity index (χ1v) is 9.78. The van der Waals surface area contributed by atoms with Gasteiger partial charge in [0.05, 0.1) is 5.69 Å². The lowest BCUT2D eigenvalue weighted by atomic mass is 10.0. The summed E-state index contributed by atoms with van der Waals surface area (Å²) in [7, 11) is -4.38. The van der Waals surface area contributed by atoms with Gasteiger partial charge in [-0.15, -0.1) is 5.11 Å². The van der Waals surface area contributed by atoms with Crippen LogP contribution in [0.25, 0.3) is 10.8 Å². The Hall–Kier alpha value is -3.01. The molecule has 10 heteroatoms. The Morgan fingerprint density at radius 1 is 1.07 bits per heavy atom. The van der Waals surface area contributed by atoms with Crippen LogP contribution in [-0.4, -0.2) is 29.2 Å². The molecule has 8 nitrogen and oxygen atoms in total. The third-order valence-electron chi connectivity index (χ3n) is 3.90. The van der Waals surface area contributed by atoms with E-state index in [0.717, 1.165) is 0 Å². The summed E-state index contributed by atoms with van der Waals surface area (Å²) >= 11 is 6.01. The fourth-order valence-electron chi connectivity index (χ4n) is 2.65. The molecule has 144 valence electrons. The standard InChI is InChI=1S/C18H13ClN2O6S/c19-14-6-3-7-15(13(14)9-28(25,26)27)20-21-16-11-5-2-1-4-10(11)8-12(17(16)22)18(23)24/h1-8,22H,9H2,(H,23,24)(H,25,26,27). The highest BCUT2D eigenvalue weighted by Crippen LogP contribution is 2.40. The van der Waals surface area contributed by atoms with Gasteiger partial charge in [0.15, 0.2) is 5.75 Å². The summed E-state index contributed by atoms with van der Waals surface area (Å²) in [6.07, 6.45) is 0. The topological polar surface area (TPSA) is 137 Å². The van der Waals surface area contributed by atoms with Crippen LogP contribution >= 0.6 is 11.6 Å². The average Bonchev–Trinajstić information content (AvgIpc) is 2.61. The molecule has 0 amide bonds. The molecule has 0 bridgehead atoms. The van der Waals surface area contributed by atoms with Gasteiger partial charge in [-0.05, 0) is 23.6 Å². The molecule has 0 atom stereocenters.